The smallest absolute Gasteiger partial charge is 0.232 e. The number of nitrogens with one attached hydrogen (secondary N) is 1. The number of hydrogen-bond acceptors (Lipinski definition) is 5. The van der Waals surface area contributed by atoms with Gasteiger partial charge in [-0.3, -0.25) is 9.00 Å². The Kier molecular flexibility index (Phi) is 4.46. The van der Waals surface area contributed by atoms with Gasteiger partial charge in [-0.15, -0.1) is 5.10 Å². The van der Waals surface area contributed by atoms with Crippen LogP contribution in [0.15, 0.2) is 18.2 Å². The maximum Gasteiger partial charge on any atom is 0.232 e. The van der Waals surface area contributed by atoms with Crippen LogP contribution < -0.4 is 5.32 Å². The van der Waals surface area contributed by atoms with Gasteiger partial charge in [0.2, 0.25) is 5.91 Å². The van der Waals surface area contributed by atoms with E-state index in [1.54, 1.807) is 12.1 Å². The first kappa shape index (κ1) is 15.7. The second kappa shape index (κ2) is 6.53. The molecule has 122 valence electrons. The van der Waals surface area contributed by atoms with E-state index in [0.717, 1.165) is 18.4 Å². The molecule has 2 aromatic rings. The number of aromatic nitrogens is 4. The molecule has 1 fully saturated rings. The predicted molar refractivity (Wildman–Crippen MR) is 81.7 cm³/mol. The fourth-order valence-corrected chi connectivity index (χ4v) is 3.05. The van der Waals surface area contributed by atoms with Crippen LogP contribution in [-0.4, -0.2) is 42.1 Å². The van der Waals surface area contributed by atoms with Crippen molar-refractivity contribution in [1.82, 2.24) is 25.5 Å². The molecule has 1 amide bonds. The molecule has 0 aliphatic heterocycles. The molecule has 1 aromatic carbocycles. The van der Waals surface area contributed by atoms with Gasteiger partial charge in [0.15, 0.2) is 5.82 Å². The molecular formula is C14H16FN5O2S. The first-order chi connectivity index (χ1) is 11.0. The van der Waals surface area contributed by atoms with Crippen LogP contribution in [0.5, 0.6) is 0 Å². The molecule has 0 unspecified atom stereocenters. The third-order valence-electron chi connectivity index (χ3n) is 3.39. The zero-order valence-electron chi connectivity index (χ0n) is 12.5. The van der Waals surface area contributed by atoms with Gasteiger partial charge in [0.05, 0.1) is 5.75 Å². The standard InChI is InChI=1S/C14H16FN5O2S/c1-9-2-5-11(15)12(6-9)20-13(17-18-19-20)7-23(22)8-14(21)16-10-3-4-10/h2,5-6,10H,3-4,7-8H2,1H3,(H,16,21)/t23-/m1/s1. The number of carbonyl (C=O) groups excluding carboxylic acids is 1. The molecule has 9 heteroatoms. The van der Waals surface area contributed by atoms with Crippen molar-refractivity contribution in [2.45, 2.75) is 31.6 Å². The average Bonchev–Trinajstić information content (AvgIpc) is 3.18. The number of benzene rings is 1. The molecule has 0 spiro atoms. The van der Waals surface area contributed by atoms with Crippen LogP contribution >= 0.6 is 0 Å². The number of halogens is 1. The van der Waals surface area contributed by atoms with Crippen LogP contribution in [0.2, 0.25) is 0 Å². The lowest BCUT2D eigenvalue weighted by Crippen LogP contribution is -2.30. The Morgan fingerprint density at radius 3 is 3.00 bits per heavy atom. The summed E-state index contributed by atoms with van der Waals surface area (Å²) in [5.74, 6) is -0.585. The van der Waals surface area contributed by atoms with E-state index in [4.69, 9.17) is 0 Å². The van der Waals surface area contributed by atoms with Gasteiger partial charge in [-0.25, -0.2) is 4.39 Å². The lowest BCUT2D eigenvalue weighted by molar-refractivity contribution is -0.118. The summed E-state index contributed by atoms with van der Waals surface area (Å²) in [5, 5.41) is 13.9. The SMILES string of the molecule is Cc1ccc(F)c(-n2nnnc2C[S@@](=O)CC(=O)NC2CC2)c1. The van der Waals surface area contributed by atoms with Crippen molar-refractivity contribution < 1.29 is 13.4 Å². The van der Waals surface area contributed by atoms with E-state index in [-0.39, 0.29) is 35.0 Å². The molecule has 0 radical (unpaired) electrons. The fourth-order valence-electron chi connectivity index (χ4n) is 2.11. The number of aryl methyl sites for hydroxylation is 1. The van der Waals surface area contributed by atoms with Gasteiger partial charge in [-0.1, -0.05) is 6.07 Å². The van der Waals surface area contributed by atoms with Crippen LogP contribution in [0.25, 0.3) is 5.69 Å². The van der Waals surface area contributed by atoms with Crippen LogP contribution in [0, 0.1) is 12.7 Å². The third kappa shape index (κ3) is 3.98. The first-order valence-electron chi connectivity index (χ1n) is 7.21. The van der Waals surface area contributed by atoms with Gasteiger partial charge in [-0.2, -0.15) is 4.68 Å². The molecule has 0 bridgehead atoms. The Hall–Kier alpha value is -2.16. The summed E-state index contributed by atoms with van der Waals surface area (Å²) in [6.07, 6.45) is 1.95. The second-order valence-corrected chi connectivity index (χ2v) is 6.99. The molecular weight excluding hydrogens is 321 g/mol. The molecule has 23 heavy (non-hydrogen) atoms. The van der Waals surface area contributed by atoms with Crippen molar-refractivity contribution in [1.29, 1.82) is 0 Å². The van der Waals surface area contributed by atoms with E-state index in [9.17, 15) is 13.4 Å². The van der Waals surface area contributed by atoms with Crippen molar-refractivity contribution in [2.24, 2.45) is 0 Å². The highest BCUT2D eigenvalue weighted by molar-refractivity contribution is 7.84. The fraction of sp³-hybridized carbons (Fsp3) is 0.429. The van der Waals surface area contributed by atoms with E-state index >= 15 is 0 Å². The van der Waals surface area contributed by atoms with E-state index in [1.165, 1.54) is 10.7 Å². The van der Waals surface area contributed by atoms with Gasteiger partial charge >= 0.3 is 0 Å². The maximum atomic E-state index is 14.0. The summed E-state index contributed by atoms with van der Waals surface area (Å²) in [6.45, 7) is 1.83. The van der Waals surface area contributed by atoms with Crippen LogP contribution in [0.4, 0.5) is 4.39 Å². The maximum absolute atomic E-state index is 14.0. The zero-order chi connectivity index (χ0) is 16.4. The summed E-state index contributed by atoms with van der Waals surface area (Å²) in [4.78, 5) is 11.7. The van der Waals surface area contributed by atoms with E-state index < -0.39 is 16.6 Å². The summed E-state index contributed by atoms with van der Waals surface area (Å²) in [5.41, 5.74) is 1.05. The quantitative estimate of drug-likeness (QED) is 0.835. The highest BCUT2D eigenvalue weighted by atomic mass is 32.2. The number of rotatable bonds is 6. The lowest BCUT2D eigenvalue weighted by atomic mass is 10.2. The van der Waals surface area contributed by atoms with Crippen LogP contribution in [0.1, 0.15) is 24.2 Å². The summed E-state index contributed by atoms with van der Waals surface area (Å²) >= 11 is 0. The van der Waals surface area contributed by atoms with Gasteiger partial charge in [0.1, 0.15) is 17.3 Å². The number of amides is 1. The van der Waals surface area contributed by atoms with Gasteiger partial charge in [0.25, 0.3) is 0 Å². The molecule has 1 saturated carbocycles. The van der Waals surface area contributed by atoms with E-state index in [1.807, 2.05) is 6.92 Å². The summed E-state index contributed by atoms with van der Waals surface area (Å²) in [7, 11) is -1.46. The molecule has 1 N–H and O–H groups in total. The molecule has 1 atom stereocenters. The number of carbonyl (C=O) groups is 1. The summed E-state index contributed by atoms with van der Waals surface area (Å²) < 4.78 is 27.3. The summed E-state index contributed by atoms with van der Waals surface area (Å²) in [6, 6.07) is 4.81. The second-order valence-electron chi connectivity index (χ2n) is 5.53. The third-order valence-corrected chi connectivity index (χ3v) is 4.55. The number of hydrogen-bond donors (Lipinski definition) is 1. The lowest BCUT2D eigenvalue weighted by Gasteiger charge is -2.07. The minimum absolute atomic E-state index is 0.0154. The highest BCUT2D eigenvalue weighted by Crippen LogP contribution is 2.18. The molecule has 1 aliphatic rings. The Bertz CT molecular complexity index is 759. The normalized spacial score (nSPS) is 15.4. The molecule has 7 nitrogen and oxygen atoms in total. The minimum Gasteiger partial charge on any atom is -0.353 e. The highest BCUT2D eigenvalue weighted by Gasteiger charge is 2.24. The van der Waals surface area contributed by atoms with Crippen LogP contribution in [0.3, 0.4) is 0 Å². The number of tetrazole rings is 1. The van der Waals surface area contributed by atoms with Crippen LogP contribution in [-0.2, 0) is 21.3 Å². The largest absolute Gasteiger partial charge is 0.353 e. The van der Waals surface area contributed by atoms with Gasteiger partial charge in [0, 0.05) is 16.8 Å². The Balaban J connectivity index is 1.71. The first-order valence-corrected chi connectivity index (χ1v) is 8.70. The van der Waals surface area contributed by atoms with Crippen molar-refractivity contribution in [2.75, 3.05) is 5.75 Å². The number of nitrogens with zero attached hydrogens (tertiary/aromatic N) is 4. The molecule has 1 aromatic heterocycles. The Morgan fingerprint density at radius 2 is 2.26 bits per heavy atom. The van der Waals surface area contributed by atoms with E-state index in [2.05, 4.69) is 20.8 Å². The van der Waals surface area contributed by atoms with Gasteiger partial charge < -0.3 is 5.32 Å². The topological polar surface area (TPSA) is 89.8 Å². The molecule has 3 rings (SSSR count). The monoisotopic (exact) mass is 337 g/mol. The predicted octanol–water partition coefficient (Wildman–Crippen LogP) is 0.637. The Morgan fingerprint density at radius 1 is 1.48 bits per heavy atom. The van der Waals surface area contributed by atoms with Crippen molar-refractivity contribution in [3.8, 4) is 5.69 Å². The minimum atomic E-state index is -1.46. The van der Waals surface area contributed by atoms with Crippen molar-refractivity contribution in [3.05, 3.63) is 35.4 Å². The average molecular weight is 337 g/mol. The zero-order valence-corrected chi connectivity index (χ0v) is 13.3. The van der Waals surface area contributed by atoms with Crippen molar-refractivity contribution in [3.63, 3.8) is 0 Å². The molecule has 1 heterocycles. The molecule has 0 saturated heterocycles. The Labute approximate surface area is 134 Å². The van der Waals surface area contributed by atoms with E-state index in [0.29, 0.717) is 0 Å². The molecule has 1 aliphatic carbocycles. The van der Waals surface area contributed by atoms with Crippen molar-refractivity contribution >= 4 is 16.7 Å². The van der Waals surface area contributed by atoms with Gasteiger partial charge in [-0.05, 0) is 47.9 Å².